The van der Waals surface area contributed by atoms with Gasteiger partial charge in [-0.25, -0.2) is 8.78 Å². The Morgan fingerprint density at radius 3 is 2.48 bits per heavy atom. The average Bonchev–Trinajstić information content (AvgIpc) is 3.19. The third-order valence-corrected chi connectivity index (χ3v) is 4.87. The van der Waals surface area contributed by atoms with E-state index in [4.69, 9.17) is 14.2 Å². The van der Waals surface area contributed by atoms with E-state index in [1.807, 2.05) is 24.3 Å². The highest BCUT2D eigenvalue weighted by molar-refractivity contribution is 5.69. The Balaban J connectivity index is 1.59. The van der Waals surface area contributed by atoms with Gasteiger partial charge in [0.1, 0.15) is 12.4 Å². The van der Waals surface area contributed by atoms with Crippen LogP contribution in [0.25, 0.3) is 0 Å². The molecule has 2 aromatic carbocycles. The van der Waals surface area contributed by atoms with Gasteiger partial charge >= 0.3 is 5.97 Å². The van der Waals surface area contributed by atoms with Gasteiger partial charge < -0.3 is 14.2 Å². The van der Waals surface area contributed by atoms with Gasteiger partial charge in [-0.1, -0.05) is 12.1 Å². The second kappa shape index (κ2) is 10.2. The summed E-state index contributed by atoms with van der Waals surface area (Å²) in [7, 11) is 0. The Morgan fingerprint density at radius 1 is 1.07 bits per heavy atom. The van der Waals surface area contributed by atoms with E-state index in [9.17, 15) is 13.6 Å². The minimum Gasteiger partial charge on any atom is -0.490 e. The number of aryl methyl sites for hydroxylation is 1. The molecule has 0 heterocycles. The molecule has 0 atom stereocenters. The number of ether oxygens (including phenoxy) is 3. The summed E-state index contributed by atoms with van der Waals surface area (Å²) in [4.78, 5) is 11.4. The fourth-order valence-electron chi connectivity index (χ4n) is 3.44. The van der Waals surface area contributed by atoms with Gasteiger partial charge in [-0.2, -0.15) is 0 Å². The minimum absolute atomic E-state index is 0.0257. The number of esters is 1. The first-order valence-corrected chi connectivity index (χ1v) is 10.1. The van der Waals surface area contributed by atoms with Gasteiger partial charge in [0.2, 0.25) is 0 Å². The summed E-state index contributed by atoms with van der Waals surface area (Å²) in [5.74, 6) is -1.65. The lowest BCUT2D eigenvalue weighted by molar-refractivity contribution is -0.143. The van der Waals surface area contributed by atoms with Crippen LogP contribution in [0.2, 0.25) is 0 Å². The number of benzene rings is 2. The second-order valence-corrected chi connectivity index (χ2v) is 7.15. The van der Waals surface area contributed by atoms with E-state index < -0.39 is 23.4 Å². The van der Waals surface area contributed by atoms with E-state index in [-0.39, 0.29) is 32.2 Å². The lowest BCUT2D eigenvalue weighted by atomic mass is 10.1. The summed E-state index contributed by atoms with van der Waals surface area (Å²) in [6.45, 7) is 2.01. The van der Waals surface area contributed by atoms with Gasteiger partial charge in [0, 0.05) is 6.42 Å². The number of hydrogen-bond donors (Lipinski definition) is 0. The first-order valence-electron chi connectivity index (χ1n) is 10.1. The van der Waals surface area contributed by atoms with E-state index >= 15 is 0 Å². The highest BCUT2D eigenvalue weighted by Crippen LogP contribution is 2.27. The van der Waals surface area contributed by atoms with Crippen molar-refractivity contribution in [3.05, 3.63) is 59.2 Å². The van der Waals surface area contributed by atoms with Crippen molar-refractivity contribution in [3.8, 4) is 11.5 Å². The Kier molecular flexibility index (Phi) is 7.44. The predicted octanol–water partition coefficient (Wildman–Crippen LogP) is 5.36. The number of carbonyl (C=O) groups excluding carboxylic acids is 1. The fourth-order valence-corrected chi connectivity index (χ4v) is 3.44. The van der Waals surface area contributed by atoms with Crippen LogP contribution in [0.3, 0.4) is 0 Å². The monoisotopic (exact) mass is 404 g/mol. The molecule has 4 nitrogen and oxygen atoms in total. The van der Waals surface area contributed by atoms with Gasteiger partial charge in [-0.3, -0.25) is 4.79 Å². The van der Waals surface area contributed by atoms with Crippen LogP contribution >= 0.6 is 0 Å². The molecule has 0 N–H and O–H groups in total. The number of halogens is 2. The van der Waals surface area contributed by atoms with Crippen LogP contribution in [0.4, 0.5) is 8.78 Å². The maximum Gasteiger partial charge on any atom is 0.306 e. The van der Waals surface area contributed by atoms with Crippen LogP contribution in [-0.4, -0.2) is 18.7 Å². The third-order valence-electron chi connectivity index (χ3n) is 4.87. The van der Waals surface area contributed by atoms with E-state index in [2.05, 4.69) is 0 Å². The van der Waals surface area contributed by atoms with Crippen LogP contribution in [-0.2, 0) is 22.6 Å². The zero-order chi connectivity index (χ0) is 20.6. The van der Waals surface area contributed by atoms with Crippen molar-refractivity contribution in [1.82, 2.24) is 0 Å². The van der Waals surface area contributed by atoms with Crippen molar-refractivity contribution in [2.24, 2.45) is 0 Å². The lowest BCUT2D eigenvalue weighted by Gasteiger charge is -2.14. The van der Waals surface area contributed by atoms with Crippen molar-refractivity contribution in [2.45, 2.75) is 58.2 Å². The van der Waals surface area contributed by atoms with Crippen LogP contribution < -0.4 is 9.47 Å². The maximum absolute atomic E-state index is 14.3. The highest BCUT2D eigenvalue weighted by atomic mass is 19.1. The van der Waals surface area contributed by atoms with Crippen LogP contribution in [0, 0.1) is 11.6 Å². The van der Waals surface area contributed by atoms with E-state index in [0.717, 1.165) is 24.2 Å². The molecule has 0 spiro atoms. The van der Waals surface area contributed by atoms with Crippen LogP contribution in [0.5, 0.6) is 11.5 Å². The Bertz CT molecular complexity index is 808. The molecule has 0 aromatic heterocycles. The van der Waals surface area contributed by atoms with Crippen molar-refractivity contribution < 1.29 is 27.8 Å². The first kappa shape index (κ1) is 21.1. The number of rotatable bonds is 9. The molecule has 1 aliphatic carbocycles. The van der Waals surface area contributed by atoms with Crippen molar-refractivity contribution >= 4 is 5.97 Å². The quantitative estimate of drug-likeness (QED) is 0.528. The molecule has 3 rings (SSSR count). The summed E-state index contributed by atoms with van der Waals surface area (Å²) < 4.78 is 44.8. The number of carbonyl (C=O) groups is 1. The van der Waals surface area contributed by atoms with Crippen molar-refractivity contribution in [1.29, 1.82) is 0 Å². The zero-order valence-electron chi connectivity index (χ0n) is 16.6. The first-order chi connectivity index (χ1) is 14.0. The number of hydrogen-bond acceptors (Lipinski definition) is 4. The fraction of sp³-hybridized carbons (Fsp3) is 0.435. The maximum atomic E-state index is 14.3. The van der Waals surface area contributed by atoms with E-state index in [1.165, 1.54) is 25.0 Å². The standard InChI is InChI=1S/C23H26F2O4/c1-2-27-22(26)11-10-16-13-20(24)23(21(25)14-16)28-15-17-6-5-9-19(12-17)29-18-7-3-4-8-18/h5-6,9,12-14,18H,2-4,7-8,10-11,15H2,1H3. The molecule has 0 saturated heterocycles. The summed E-state index contributed by atoms with van der Waals surface area (Å²) in [5.41, 5.74) is 1.15. The minimum atomic E-state index is -0.790. The predicted molar refractivity (Wildman–Crippen MR) is 105 cm³/mol. The van der Waals surface area contributed by atoms with Crippen molar-refractivity contribution in [3.63, 3.8) is 0 Å². The molecule has 29 heavy (non-hydrogen) atoms. The molecule has 1 saturated carbocycles. The Morgan fingerprint density at radius 2 is 1.79 bits per heavy atom. The molecule has 156 valence electrons. The van der Waals surface area contributed by atoms with Gasteiger partial charge in [0.05, 0.1) is 12.7 Å². The normalized spacial score (nSPS) is 14.0. The summed E-state index contributed by atoms with van der Waals surface area (Å²) in [5, 5.41) is 0. The molecule has 0 unspecified atom stereocenters. The third kappa shape index (κ3) is 6.17. The molecule has 6 heteroatoms. The largest absolute Gasteiger partial charge is 0.490 e. The summed E-state index contributed by atoms with van der Waals surface area (Å²) >= 11 is 0. The topological polar surface area (TPSA) is 44.8 Å². The van der Waals surface area contributed by atoms with Gasteiger partial charge in [-0.05, 0) is 74.4 Å². The van der Waals surface area contributed by atoms with Gasteiger partial charge in [-0.15, -0.1) is 0 Å². The summed E-state index contributed by atoms with van der Waals surface area (Å²) in [6, 6.07) is 9.76. The summed E-state index contributed by atoms with van der Waals surface area (Å²) in [6.07, 6.45) is 4.99. The van der Waals surface area contributed by atoms with E-state index in [1.54, 1.807) is 6.92 Å². The van der Waals surface area contributed by atoms with Gasteiger partial charge in [0.15, 0.2) is 17.4 Å². The molecule has 0 bridgehead atoms. The Labute approximate surface area is 169 Å². The second-order valence-electron chi connectivity index (χ2n) is 7.15. The molecule has 2 aromatic rings. The zero-order valence-corrected chi connectivity index (χ0v) is 16.6. The SMILES string of the molecule is CCOC(=O)CCc1cc(F)c(OCc2cccc(OC3CCCC3)c2)c(F)c1. The highest BCUT2D eigenvalue weighted by Gasteiger charge is 2.17. The molecular formula is C23H26F2O4. The average molecular weight is 404 g/mol. The van der Waals surface area contributed by atoms with Crippen LogP contribution in [0.1, 0.15) is 50.2 Å². The van der Waals surface area contributed by atoms with E-state index in [0.29, 0.717) is 5.56 Å². The molecule has 0 radical (unpaired) electrons. The molecule has 1 aliphatic rings. The smallest absolute Gasteiger partial charge is 0.306 e. The molecule has 0 amide bonds. The Hall–Kier alpha value is -2.63. The molecule has 0 aliphatic heterocycles. The van der Waals surface area contributed by atoms with Crippen LogP contribution in [0.15, 0.2) is 36.4 Å². The lowest BCUT2D eigenvalue weighted by Crippen LogP contribution is -2.11. The van der Waals surface area contributed by atoms with Gasteiger partial charge in [0.25, 0.3) is 0 Å². The molecular weight excluding hydrogens is 378 g/mol. The molecule has 1 fully saturated rings. The van der Waals surface area contributed by atoms with Crippen molar-refractivity contribution in [2.75, 3.05) is 6.61 Å².